The molecule has 0 aliphatic heterocycles. The van der Waals surface area contributed by atoms with Crippen LogP contribution >= 0.6 is 15.9 Å². The molecular weight excluding hydrogens is 268 g/mol. The molecule has 0 heterocycles. The average Bonchev–Trinajstić information content (AvgIpc) is 2.35. The van der Waals surface area contributed by atoms with Gasteiger partial charge in [0, 0.05) is 10.7 Å². The number of benzene rings is 2. The van der Waals surface area contributed by atoms with Gasteiger partial charge in [-0.1, -0.05) is 46.3 Å². The molecule has 2 nitrogen and oxygen atoms in total. The van der Waals surface area contributed by atoms with Crippen LogP contribution < -0.4 is 9.47 Å². The number of halogens is 1. The van der Waals surface area contributed by atoms with Crippen molar-refractivity contribution in [3.8, 4) is 11.5 Å². The van der Waals surface area contributed by atoms with E-state index in [1.54, 1.807) is 7.11 Å². The van der Waals surface area contributed by atoms with Gasteiger partial charge in [-0.2, -0.15) is 0 Å². The zero-order valence-corrected chi connectivity index (χ0v) is 10.7. The molecule has 0 atom stereocenters. The van der Waals surface area contributed by atoms with Crippen molar-refractivity contribution in [2.75, 3.05) is 19.0 Å². The van der Waals surface area contributed by atoms with Gasteiger partial charge in [0.15, 0.2) is 11.5 Å². The fourth-order valence-corrected chi connectivity index (χ4v) is 1.84. The smallest absolute Gasteiger partial charge is 0.168 e. The van der Waals surface area contributed by atoms with E-state index in [0.717, 1.165) is 27.6 Å². The molecule has 0 saturated carbocycles. The lowest BCUT2D eigenvalue weighted by Gasteiger charge is -2.12. The lowest BCUT2D eigenvalue weighted by atomic mass is 10.1. The van der Waals surface area contributed by atoms with Crippen LogP contribution in [0.25, 0.3) is 10.8 Å². The van der Waals surface area contributed by atoms with Gasteiger partial charge in [-0.15, -0.1) is 0 Å². The minimum atomic E-state index is 0.629. The largest absolute Gasteiger partial charge is 0.493 e. The molecule has 0 N–H and O–H groups in total. The highest BCUT2D eigenvalue weighted by Crippen LogP contribution is 2.35. The first kappa shape index (κ1) is 11.3. The maximum Gasteiger partial charge on any atom is 0.168 e. The molecule has 2 aromatic rings. The molecule has 0 amide bonds. The molecule has 0 aliphatic carbocycles. The Balaban J connectivity index is 2.54. The standard InChI is InChI=1S/C13H13BrO2/c1-15-12-7-6-10-4-2-3-5-11(10)13(12)16-9-8-14/h2-7H,8-9H2,1H3. The fraction of sp³-hybridized carbons (Fsp3) is 0.231. The first-order valence-corrected chi connectivity index (χ1v) is 6.23. The number of hydrogen-bond acceptors (Lipinski definition) is 2. The first-order valence-electron chi connectivity index (χ1n) is 5.11. The van der Waals surface area contributed by atoms with Crippen molar-refractivity contribution in [2.24, 2.45) is 0 Å². The molecule has 2 aromatic carbocycles. The van der Waals surface area contributed by atoms with Crippen LogP contribution in [0.2, 0.25) is 0 Å². The molecule has 0 bridgehead atoms. The second kappa shape index (κ2) is 5.21. The van der Waals surface area contributed by atoms with Gasteiger partial charge < -0.3 is 9.47 Å². The van der Waals surface area contributed by atoms with Gasteiger partial charge >= 0.3 is 0 Å². The minimum Gasteiger partial charge on any atom is -0.493 e. The molecule has 0 spiro atoms. The predicted molar refractivity (Wildman–Crippen MR) is 69.8 cm³/mol. The number of hydrogen-bond donors (Lipinski definition) is 0. The molecule has 84 valence electrons. The van der Waals surface area contributed by atoms with E-state index in [1.807, 2.05) is 30.3 Å². The summed E-state index contributed by atoms with van der Waals surface area (Å²) in [6, 6.07) is 12.1. The Hall–Kier alpha value is -1.22. The lowest BCUT2D eigenvalue weighted by Crippen LogP contribution is -2.00. The summed E-state index contributed by atoms with van der Waals surface area (Å²) in [4.78, 5) is 0. The van der Waals surface area contributed by atoms with E-state index in [2.05, 4.69) is 22.0 Å². The maximum atomic E-state index is 5.72. The van der Waals surface area contributed by atoms with Crippen LogP contribution in [-0.2, 0) is 0 Å². The van der Waals surface area contributed by atoms with E-state index in [1.165, 1.54) is 0 Å². The topological polar surface area (TPSA) is 18.5 Å². The van der Waals surface area contributed by atoms with E-state index < -0.39 is 0 Å². The van der Waals surface area contributed by atoms with Crippen molar-refractivity contribution in [2.45, 2.75) is 0 Å². The normalized spacial score (nSPS) is 10.4. The van der Waals surface area contributed by atoms with Crippen molar-refractivity contribution in [3.05, 3.63) is 36.4 Å². The Bertz CT molecular complexity index is 482. The second-order valence-electron chi connectivity index (χ2n) is 3.36. The van der Waals surface area contributed by atoms with Crippen LogP contribution in [-0.4, -0.2) is 19.0 Å². The van der Waals surface area contributed by atoms with Gasteiger partial charge in [0.1, 0.15) is 0 Å². The summed E-state index contributed by atoms with van der Waals surface area (Å²) in [5.41, 5.74) is 0. The second-order valence-corrected chi connectivity index (χ2v) is 4.15. The summed E-state index contributed by atoms with van der Waals surface area (Å²) in [6.45, 7) is 0.629. The van der Waals surface area contributed by atoms with Gasteiger partial charge in [0.25, 0.3) is 0 Å². The van der Waals surface area contributed by atoms with E-state index in [-0.39, 0.29) is 0 Å². The summed E-state index contributed by atoms with van der Waals surface area (Å²) in [7, 11) is 1.66. The van der Waals surface area contributed by atoms with Crippen molar-refractivity contribution in [3.63, 3.8) is 0 Å². The van der Waals surface area contributed by atoms with Crippen LogP contribution in [0, 0.1) is 0 Å². The van der Waals surface area contributed by atoms with Gasteiger partial charge in [0.05, 0.1) is 13.7 Å². The van der Waals surface area contributed by atoms with Crippen molar-refractivity contribution in [1.82, 2.24) is 0 Å². The zero-order valence-electron chi connectivity index (χ0n) is 9.07. The molecule has 0 fully saturated rings. The molecule has 0 aliphatic rings. The molecule has 3 heteroatoms. The van der Waals surface area contributed by atoms with E-state index in [9.17, 15) is 0 Å². The molecule has 16 heavy (non-hydrogen) atoms. The van der Waals surface area contributed by atoms with Crippen molar-refractivity contribution in [1.29, 1.82) is 0 Å². The number of ether oxygens (including phenoxy) is 2. The summed E-state index contributed by atoms with van der Waals surface area (Å²) in [5, 5.41) is 3.05. The highest BCUT2D eigenvalue weighted by Gasteiger charge is 2.08. The monoisotopic (exact) mass is 280 g/mol. The maximum absolute atomic E-state index is 5.72. The van der Waals surface area contributed by atoms with Crippen molar-refractivity contribution >= 4 is 26.7 Å². The van der Waals surface area contributed by atoms with Gasteiger partial charge in [-0.25, -0.2) is 0 Å². The number of alkyl halides is 1. The third kappa shape index (κ3) is 2.14. The Kier molecular flexibility index (Phi) is 3.67. The number of methoxy groups -OCH3 is 1. The third-order valence-corrected chi connectivity index (χ3v) is 2.71. The summed E-state index contributed by atoms with van der Waals surface area (Å²) in [5.74, 6) is 1.60. The van der Waals surface area contributed by atoms with Crippen molar-refractivity contribution < 1.29 is 9.47 Å². The summed E-state index contributed by atoms with van der Waals surface area (Å²) < 4.78 is 11.0. The Morgan fingerprint density at radius 3 is 2.69 bits per heavy atom. The Labute approximate surface area is 103 Å². The van der Waals surface area contributed by atoms with Crippen LogP contribution in [0.1, 0.15) is 0 Å². The predicted octanol–water partition coefficient (Wildman–Crippen LogP) is 3.62. The Morgan fingerprint density at radius 2 is 1.94 bits per heavy atom. The molecular formula is C13H13BrO2. The molecule has 0 saturated heterocycles. The molecule has 0 aromatic heterocycles. The zero-order chi connectivity index (χ0) is 11.4. The molecule has 0 radical (unpaired) electrons. The molecule has 2 rings (SSSR count). The first-order chi connectivity index (χ1) is 7.86. The van der Waals surface area contributed by atoms with E-state index >= 15 is 0 Å². The Morgan fingerprint density at radius 1 is 1.12 bits per heavy atom. The number of fused-ring (bicyclic) bond motifs is 1. The van der Waals surface area contributed by atoms with Crippen LogP contribution in [0.4, 0.5) is 0 Å². The highest BCUT2D eigenvalue weighted by molar-refractivity contribution is 9.09. The van der Waals surface area contributed by atoms with Gasteiger partial charge in [0.2, 0.25) is 0 Å². The highest BCUT2D eigenvalue weighted by atomic mass is 79.9. The van der Waals surface area contributed by atoms with Crippen LogP contribution in [0.15, 0.2) is 36.4 Å². The van der Waals surface area contributed by atoms with Crippen LogP contribution in [0.3, 0.4) is 0 Å². The summed E-state index contributed by atoms with van der Waals surface area (Å²) >= 11 is 3.35. The molecule has 0 unspecified atom stereocenters. The average molecular weight is 281 g/mol. The summed E-state index contributed by atoms with van der Waals surface area (Å²) in [6.07, 6.45) is 0. The van der Waals surface area contributed by atoms with Gasteiger partial charge in [-0.05, 0) is 11.5 Å². The fourth-order valence-electron chi connectivity index (χ4n) is 1.67. The minimum absolute atomic E-state index is 0.629. The van der Waals surface area contributed by atoms with Crippen LogP contribution in [0.5, 0.6) is 11.5 Å². The number of rotatable bonds is 4. The third-order valence-electron chi connectivity index (χ3n) is 2.39. The van der Waals surface area contributed by atoms with Gasteiger partial charge in [-0.3, -0.25) is 0 Å². The van der Waals surface area contributed by atoms with E-state index in [4.69, 9.17) is 9.47 Å². The lowest BCUT2D eigenvalue weighted by molar-refractivity contribution is 0.318. The SMILES string of the molecule is COc1ccc2ccccc2c1OCCBr. The quantitative estimate of drug-likeness (QED) is 0.797. The van der Waals surface area contributed by atoms with E-state index in [0.29, 0.717) is 6.61 Å².